The van der Waals surface area contributed by atoms with Crippen molar-refractivity contribution < 1.29 is 9.59 Å². The molecular formula is C17H24N6O2. The summed E-state index contributed by atoms with van der Waals surface area (Å²) in [5.41, 5.74) is 1.92. The summed E-state index contributed by atoms with van der Waals surface area (Å²) in [4.78, 5) is 25.2. The van der Waals surface area contributed by atoms with E-state index in [0.717, 1.165) is 17.8 Å². The molecule has 2 atom stereocenters. The highest BCUT2D eigenvalue weighted by atomic mass is 16.2. The fraction of sp³-hybridized carbons (Fsp3) is 0.529. The Kier molecular flexibility index (Phi) is 4.61. The second kappa shape index (κ2) is 6.70. The number of aryl methyl sites for hydroxylation is 4. The zero-order valence-corrected chi connectivity index (χ0v) is 15.0. The van der Waals surface area contributed by atoms with E-state index in [1.165, 1.54) is 0 Å². The minimum atomic E-state index is -0.341. The summed E-state index contributed by atoms with van der Waals surface area (Å²) in [6.45, 7) is 3.84. The van der Waals surface area contributed by atoms with E-state index in [1.54, 1.807) is 9.36 Å². The van der Waals surface area contributed by atoms with E-state index < -0.39 is 0 Å². The molecule has 0 aromatic carbocycles. The number of hydrogen-bond acceptors (Lipinski definition) is 4. The molecule has 1 saturated carbocycles. The molecule has 1 aliphatic rings. The van der Waals surface area contributed by atoms with Gasteiger partial charge in [-0.05, 0) is 26.7 Å². The molecule has 2 aromatic rings. The van der Waals surface area contributed by atoms with Gasteiger partial charge in [0.2, 0.25) is 11.8 Å². The van der Waals surface area contributed by atoms with Gasteiger partial charge in [-0.15, -0.1) is 0 Å². The number of amides is 2. The van der Waals surface area contributed by atoms with E-state index in [-0.39, 0.29) is 23.7 Å². The quantitative estimate of drug-likeness (QED) is 0.884. The minimum absolute atomic E-state index is 0.145. The summed E-state index contributed by atoms with van der Waals surface area (Å²) in [6, 6.07) is 3.64. The van der Waals surface area contributed by atoms with Crippen LogP contribution in [0.25, 0.3) is 0 Å². The molecule has 1 fully saturated rings. The monoisotopic (exact) mass is 344 g/mol. The van der Waals surface area contributed by atoms with Crippen molar-refractivity contribution in [2.75, 3.05) is 10.6 Å². The average Bonchev–Trinajstić information content (AvgIpc) is 3.21. The van der Waals surface area contributed by atoms with Gasteiger partial charge in [-0.1, -0.05) is 6.42 Å². The largest absolute Gasteiger partial charge is 0.309 e. The first kappa shape index (κ1) is 17.2. The molecular weight excluding hydrogens is 320 g/mol. The highest BCUT2D eigenvalue weighted by Gasteiger charge is 2.38. The van der Waals surface area contributed by atoms with Crippen molar-refractivity contribution in [1.29, 1.82) is 0 Å². The number of carbonyl (C=O) groups excluding carboxylic acids is 2. The Hall–Kier alpha value is -2.64. The standard InChI is InChI=1S/C17H24N6O2/c1-10-8-14(20-22(10)3)18-16(24)12-6-5-7-13(12)17(25)19-15-9-11(2)23(4)21-15/h8-9,12-13H,5-7H2,1-4H3,(H,18,20,24)(H,19,21,25)/t12-,13-/m1/s1. The van der Waals surface area contributed by atoms with Crippen LogP contribution in [0.5, 0.6) is 0 Å². The molecule has 1 aliphatic carbocycles. The van der Waals surface area contributed by atoms with Gasteiger partial charge in [-0.25, -0.2) is 0 Å². The normalized spacial score (nSPS) is 19.8. The Bertz CT molecular complexity index is 701. The van der Waals surface area contributed by atoms with Gasteiger partial charge < -0.3 is 10.6 Å². The van der Waals surface area contributed by atoms with Crippen LogP contribution in [-0.2, 0) is 23.7 Å². The summed E-state index contributed by atoms with van der Waals surface area (Å²) in [5, 5.41) is 14.2. The molecule has 0 bridgehead atoms. The van der Waals surface area contributed by atoms with Crippen molar-refractivity contribution in [2.24, 2.45) is 25.9 Å². The Morgan fingerprint density at radius 1 is 0.920 bits per heavy atom. The molecule has 2 heterocycles. The van der Waals surface area contributed by atoms with Crippen LogP contribution >= 0.6 is 0 Å². The minimum Gasteiger partial charge on any atom is -0.309 e. The van der Waals surface area contributed by atoms with Crippen molar-refractivity contribution in [3.05, 3.63) is 23.5 Å². The number of nitrogens with one attached hydrogen (secondary N) is 2. The first-order valence-corrected chi connectivity index (χ1v) is 8.48. The van der Waals surface area contributed by atoms with Crippen LogP contribution in [0, 0.1) is 25.7 Å². The lowest BCUT2D eigenvalue weighted by Gasteiger charge is -2.17. The predicted molar refractivity (Wildman–Crippen MR) is 94.0 cm³/mol. The van der Waals surface area contributed by atoms with Crippen LogP contribution in [-0.4, -0.2) is 31.4 Å². The molecule has 0 saturated heterocycles. The summed E-state index contributed by atoms with van der Waals surface area (Å²) >= 11 is 0. The zero-order valence-electron chi connectivity index (χ0n) is 15.0. The van der Waals surface area contributed by atoms with Crippen molar-refractivity contribution in [1.82, 2.24) is 19.6 Å². The average molecular weight is 344 g/mol. The van der Waals surface area contributed by atoms with Gasteiger partial charge in [-0.2, -0.15) is 10.2 Å². The number of aromatic nitrogens is 4. The van der Waals surface area contributed by atoms with E-state index in [1.807, 2.05) is 40.1 Å². The van der Waals surface area contributed by atoms with Gasteiger partial charge in [0.05, 0.1) is 0 Å². The van der Waals surface area contributed by atoms with Crippen molar-refractivity contribution in [3.63, 3.8) is 0 Å². The van der Waals surface area contributed by atoms with Crippen molar-refractivity contribution in [2.45, 2.75) is 33.1 Å². The van der Waals surface area contributed by atoms with Gasteiger partial charge in [0, 0.05) is 49.5 Å². The van der Waals surface area contributed by atoms with Gasteiger partial charge in [0.15, 0.2) is 11.6 Å². The van der Waals surface area contributed by atoms with E-state index in [0.29, 0.717) is 24.5 Å². The fourth-order valence-electron chi connectivity index (χ4n) is 3.27. The highest BCUT2D eigenvalue weighted by Crippen LogP contribution is 2.33. The number of rotatable bonds is 4. The Balaban J connectivity index is 1.66. The van der Waals surface area contributed by atoms with Gasteiger partial charge in [0.1, 0.15) is 0 Å². The number of nitrogens with zero attached hydrogens (tertiary/aromatic N) is 4. The van der Waals surface area contributed by atoms with Crippen LogP contribution in [0.15, 0.2) is 12.1 Å². The maximum Gasteiger partial charge on any atom is 0.229 e. The predicted octanol–water partition coefficient (Wildman–Crippen LogP) is 1.76. The number of anilines is 2. The Morgan fingerprint density at radius 2 is 1.32 bits per heavy atom. The maximum absolute atomic E-state index is 12.6. The third kappa shape index (κ3) is 3.57. The van der Waals surface area contributed by atoms with E-state index in [9.17, 15) is 9.59 Å². The van der Waals surface area contributed by atoms with Gasteiger partial charge in [-0.3, -0.25) is 19.0 Å². The Labute approximate surface area is 146 Å². The van der Waals surface area contributed by atoms with Gasteiger partial charge in [0.25, 0.3) is 0 Å². The van der Waals surface area contributed by atoms with E-state index >= 15 is 0 Å². The summed E-state index contributed by atoms with van der Waals surface area (Å²) in [6.07, 6.45) is 2.27. The summed E-state index contributed by atoms with van der Waals surface area (Å²) < 4.78 is 3.41. The molecule has 25 heavy (non-hydrogen) atoms. The third-order valence-electron chi connectivity index (χ3n) is 4.92. The molecule has 2 N–H and O–H groups in total. The molecule has 2 aromatic heterocycles. The Morgan fingerprint density at radius 3 is 1.64 bits per heavy atom. The molecule has 0 unspecified atom stereocenters. The summed E-state index contributed by atoms with van der Waals surface area (Å²) in [5.74, 6) is 0.0768. The smallest absolute Gasteiger partial charge is 0.229 e. The van der Waals surface area contributed by atoms with Crippen LogP contribution < -0.4 is 10.6 Å². The lowest BCUT2D eigenvalue weighted by atomic mass is 9.94. The fourth-order valence-corrected chi connectivity index (χ4v) is 3.27. The molecule has 3 rings (SSSR count). The van der Waals surface area contributed by atoms with Crippen molar-refractivity contribution >= 4 is 23.5 Å². The second-order valence-electron chi connectivity index (χ2n) is 6.71. The first-order valence-electron chi connectivity index (χ1n) is 8.48. The number of hydrogen-bond donors (Lipinski definition) is 2. The lowest BCUT2D eigenvalue weighted by molar-refractivity contribution is -0.128. The van der Waals surface area contributed by atoms with Crippen molar-refractivity contribution in [3.8, 4) is 0 Å². The van der Waals surface area contributed by atoms with E-state index in [2.05, 4.69) is 20.8 Å². The van der Waals surface area contributed by atoms with Gasteiger partial charge >= 0.3 is 0 Å². The van der Waals surface area contributed by atoms with E-state index in [4.69, 9.17) is 0 Å². The molecule has 8 heteroatoms. The lowest BCUT2D eigenvalue weighted by Crippen LogP contribution is -2.33. The molecule has 0 aliphatic heterocycles. The highest BCUT2D eigenvalue weighted by molar-refractivity contribution is 5.99. The van der Waals surface area contributed by atoms with Crippen LogP contribution in [0.3, 0.4) is 0 Å². The molecule has 0 radical (unpaired) electrons. The first-order chi connectivity index (χ1) is 11.8. The maximum atomic E-state index is 12.6. The summed E-state index contributed by atoms with van der Waals surface area (Å²) in [7, 11) is 3.65. The van der Waals surface area contributed by atoms with Crippen LogP contribution in [0.4, 0.5) is 11.6 Å². The molecule has 2 amide bonds. The molecule has 134 valence electrons. The third-order valence-corrected chi connectivity index (χ3v) is 4.92. The van der Waals surface area contributed by atoms with Crippen LogP contribution in [0.2, 0.25) is 0 Å². The molecule has 0 spiro atoms. The SMILES string of the molecule is Cc1cc(NC(=O)[C@@H]2CCC[C@H]2C(=O)Nc2cc(C)n(C)n2)nn1C. The topological polar surface area (TPSA) is 93.8 Å². The molecule has 8 nitrogen and oxygen atoms in total. The second-order valence-corrected chi connectivity index (χ2v) is 6.71. The number of carbonyl (C=O) groups is 2. The zero-order chi connectivity index (χ0) is 18.1. The van der Waals surface area contributed by atoms with Crippen LogP contribution in [0.1, 0.15) is 30.7 Å².